The molecule has 1 aromatic carbocycles. The molecule has 4 heteroatoms. The van der Waals surface area contributed by atoms with Crippen LogP contribution in [0.5, 0.6) is 0 Å². The summed E-state index contributed by atoms with van der Waals surface area (Å²) in [5, 5.41) is 3.55. The maximum absolute atomic E-state index is 13.2. The minimum Gasteiger partial charge on any atom is -0.314 e. The Morgan fingerprint density at radius 2 is 2.14 bits per heavy atom. The van der Waals surface area contributed by atoms with Crippen LogP contribution in [0.2, 0.25) is 0 Å². The number of benzene rings is 1. The Hall–Kier alpha value is -0.450. The first-order valence-electron chi connectivity index (χ1n) is 7.89. The first-order chi connectivity index (χ1) is 9.97. The quantitative estimate of drug-likeness (QED) is 0.842. The van der Waals surface area contributed by atoms with Gasteiger partial charge in [-0.3, -0.25) is 4.90 Å². The summed E-state index contributed by atoms with van der Waals surface area (Å²) in [5.74, 6) is 0.526. The summed E-state index contributed by atoms with van der Waals surface area (Å²) < 4.78 is 14.1. The number of rotatable bonds is 5. The van der Waals surface area contributed by atoms with Crippen molar-refractivity contribution in [2.24, 2.45) is 5.92 Å². The molecule has 0 saturated carbocycles. The van der Waals surface area contributed by atoms with Crippen molar-refractivity contribution >= 4 is 15.9 Å². The minimum atomic E-state index is -0.185. The van der Waals surface area contributed by atoms with E-state index >= 15 is 0 Å². The van der Waals surface area contributed by atoms with Crippen molar-refractivity contribution in [3.8, 4) is 0 Å². The molecule has 0 radical (unpaired) electrons. The van der Waals surface area contributed by atoms with Gasteiger partial charge in [0.05, 0.1) is 0 Å². The molecule has 0 spiro atoms. The standard InChI is InChI=1S/C17H26BrFN2/c1-12(2)20-10-14-5-4-8-21(11-14)13(3)16-7-6-15(19)9-17(16)18/h6-7,9,12-14,20H,4-5,8,10-11H2,1-3H3. The molecule has 1 fully saturated rings. The van der Waals surface area contributed by atoms with E-state index in [9.17, 15) is 4.39 Å². The summed E-state index contributed by atoms with van der Waals surface area (Å²) >= 11 is 3.50. The van der Waals surface area contributed by atoms with Crippen LogP contribution in [0, 0.1) is 11.7 Å². The maximum Gasteiger partial charge on any atom is 0.124 e. The lowest BCUT2D eigenvalue weighted by Crippen LogP contribution is -2.42. The Morgan fingerprint density at radius 3 is 2.81 bits per heavy atom. The number of hydrogen-bond acceptors (Lipinski definition) is 2. The molecule has 0 amide bonds. The Kier molecular flexibility index (Phi) is 6.20. The zero-order chi connectivity index (χ0) is 15.4. The molecule has 0 bridgehead atoms. The molecule has 1 aromatic rings. The molecule has 118 valence electrons. The molecular formula is C17H26BrFN2. The fraction of sp³-hybridized carbons (Fsp3) is 0.647. The van der Waals surface area contributed by atoms with Crippen molar-refractivity contribution in [2.75, 3.05) is 19.6 Å². The molecule has 2 nitrogen and oxygen atoms in total. The molecule has 2 rings (SSSR count). The van der Waals surface area contributed by atoms with Crippen molar-refractivity contribution in [3.05, 3.63) is 34.1 Å². The molecule has 21 heavy (non-hydrogen) atoms. The zero-order valence-electron chi connectivity index (χ0n) is 13.2. The highest BCUT2D eigenvalue weighted by atomic mass is 79.9. The van der Waals surface area contributed by atoms with Gasteiger partial charge in [-0.05, 0) is 56.5 Å². The highest BCUT2D eigenvalue weighted by molar-refractivity contribution is 9.10. The second-order valence-electron chi connectivity index (χ2n) is 6.41. The van der Waals surface area contributed by atoms with E-state index in [1.807, 2.05) is 6.07 Å². The van der Waals surface area contributed by atoms with Gasteiger partial charge in [0.25, 0.3) is 0 Å². The van der Waals surface area contributed by atoms with E-state index in [-0.39, 0.29) is 5.82 Å². The predicted octanol–water partition coefficient (Wildman–Crippen LogP) is 4.36. The Labute approximate surface area is 136 Å². The molecule has 0 aromatic heterocycles. The van der Waals surface area contributed by atoms with Crippen molar-refractivity contribution in [2.45, 2.75) is 45.7 Å². The summed E-state index contributed by atoms with van der Waals surface area (Å²) in [6.45, 7) is 9.94. The summed E-state index contributed by atoms with van der Waals surface area (Å²) in [5.41, 5.74) is 1.17. The molecule has 1 N–H and O–H groups in total. The minimum absolute atomic E-state index is 0.185. The molecule has 1 aliphatic heterocycles. The van der Waals surface area contributed by atoms with Crippen LogP contribution in [0.15, 0.2) is 22.7 Å². The van der Waals surface area contributed by atoms with Crippen molar-refractivity contribution < 1.29 is 4.39 Å². The third-order valence-corrected chi connectivity index (χ3v) is 5.01. The van der Waals surface area contributed by atoms with Crippen LogP contribution in [0.25, 0.3) is 0 Å². The number of halogens is 2. The first kappa shape index (κ1) is 16.9. The molecule has 1 saturated heterocycles. The van der Waals surface area contributed by atoms with E-state index in [0.717, 1.165) is 24.1 Å². The van der Waals surface area contributed by atoms with Gasteiger partial charge in [0, 0.05) is 23.1 Å². The second kappa shape index (κ2) is 7.70. The van der Waals surface area contributed by atoms with Crippen LogP contribution in [0.3, 0.4) is 0 Å². The zero-order valence-corrected chi connectivity index (χ0v) is 14.8. The van der Waals surface area contributed by atoms with E-state index < -0.39 is 0 Å². The van der Waals surface area contributed by atoms with E-state index in [1.54, 1.807) is 12.1 Å². The molecule has 1 aliphatic rings. The highest BCUT2D eigenvalue weighted by Gasteiger charge is 2.25. The summed E-state index contributed by atoms with van der Waals surface area (Å²) in [4.78, 5) is 2.52. The normalized spacial score (nSPS) is 21.7. The Balaban J connectivity index is 1.99. The van der Waals surface area contributed by atoms with Crippen LogP contribution in [0.4, 0.5) is 4.39 Å². The van der Waals surface area contributed by atoms with Crippen LogP contribution in [-0.2, 0) is 0 Å². The third-order valence-electron chi connectivity index (χ3n) is 4.33. The average Bonchev–Trinajstić information content (AvgIpc) is 2.45. The number of hydrogen-bond donors (Lipinski definition) is 1. The summed E-state index contributed by atoms with van der Waals surface area (Å²) in [6, 6.07) is 5.89. The lowest BCUT2D eigenvalue weighted by molar-refractivity contribution is 0.129. The van der Waals surface area contributed by atoms with Crippen molar-refractivity contribution in [3.63, 3.8) is 0 Å². The maximum atomic E-state index is 13.2. The monoisotopic (exact) mass is 356 g/mol. The van der Waals surface area contributed by atoms with E-state index in [4.69, 9.17) is 0 Å². The topological polar surface area (TPSA) is 15.3 Å². The lowest BCUT2D eigenvalue weighted by atomic mass is 9.95. The fourth-order valence-corrected chi connectivity index (χ4v) is 3.74. The van der Waals surface area contributed by atoms with Crippen LogP contribution in [-0.4, -0.2) is 30.6 Å². The van der Waals surface area contributed by atoms with Gasteiger partial charge in [-0.15, -0.1) is 0 Å². The van der Waals surface area contributed by atoms with Crippen molar-refractivity contribution in [1.82, 2.24) is 10.2 Å². The van der Waals surface area contributed by atoms with Crippen LogP contribution in [0.1, 0.15) is 45.2 Å². The molecule has 1 heterocycles. The lowest BCUT2D eigenvalue weighted by Gasteiger charge is -2.37. The Bertz CT molecular complexity index is 464. The molecule has 2 unspecified atom stereocenters. The summed E-state index contributed by atoms with van der Waals surface area (Å²) in [6.07, 6.45) is 2.54. The van der Waals surface area contributed by atoms with Gasteiger partial charge in [-0.25, -0.2) is 4.39 Å². The SMILES string of the molecule is CC(C)NCC1CCCN(C(C)c2ccc(F)cc2Br)C1. The van der Waals surface area contributed by atoms with Gasteiger partial charge in [0.1, 0.15) is 5.82 Å². The molecule has 0 aliphatic carbocycles. The van der Waals surface area contributed by atoms with Gasteiger partial charge in [0.15, 0.2) is 0 Å². The van der Waals surface area contributed by atoms with Crippen LogP contribution < -0.4 is 5.32 Å². The third kappa shape index (κ3) is 4.76. The second-order valence-corrected chi connectivity index (χ2v) is 7.26. The van der Waals surface area contributed by atoms with Crippen LogP contribution >= 0.6 is 15.9 Å². The smallest absolute Gasteiger partial charge is 0.124 e. The largest absolute Gasteiger partial charge is 0.314 e. The number of nitrogens with zero attached hydrogens (tertiary/aromatic N) is 1. The van der Waals surface area contributed by atoms with E-state index in [0.29, 0.717) is 18.0 Å². The average molecular weight is 357 g/mol. The van der Waals surface area contributed by atoms with Gasteiger partial charge in [-0.2, -0.15) is 0 Å². The van der Waals surface area contributed by atoms with Gasteiger partial charge < -0.3 is 5.32 Å². The van der Waals surface area contributed by atoms with Crippen molar-refractivity contribution in [1.29, 1.82) is 0 Å². The van der Waals surface area contributed by atoms with Gasteiger partial charge >= 0.3 is 0 Å². The van der Waals surface area contributed by atoms with E-state index in [1.165, 1.54) is 18.4 Å². The first-order valence-corrected chi connectivity index (χ1v) is 8.69. The fourth-order valence-electron chi connectivity index (χ4n) is 3.06. The Morgan fingerprint density at radius 1 is 1.38 bits per heavy atom. The number of piperidine rings is 1. The molecule has 2 atom stereocenters. The highest BCUT2D eigenvalue weighted by Crippen LogP contribution is 2.31. The summed E-state index contributed by atoms with van der Waals surface area (Å²) in [7, 11) is 0. The molecular weight excluding hydrogens is 331 g/mol. The predicted molar refractivity (Wildman–Crippen MR) is 90.0 cm³/mol. The van der Waals surface area contributed by atoms with Gasteiger partial charge in [0.2, 0.25) is 0 Å². The number of nitrogens with one attached hydrogen (secondary N) is 1. The van der Waals surface area contributed by atoms with Gasteiger partial charge in [-0.1, -0.05) is 35.8 Å². The van der Waals surface area contributed by atoms with E-state index in [2.05, 4.69) is 46.9 Å². The number of likely N-dealkylation sites (tertiary alicyclic amines) is 1.